The van der Waals surface area contributed by atoms with E-state index in [1.165, 1.54) is 6.07 Å². The van der Waals surface area contributed by atoms with Crippen LogP contribution < -0.4 is 5.32 Å². The van der Waals surface area contributed by atoms with Crippen molar-refractivity contribution in [3.63, 3.8) is 0 Å². The van der Waals surface area contributed by atoms with Gasteiger partial charge in [-0.05, 0) is 31.0 Å². The van der Waals surface area contributed by atoms with Crippen molar-refractivity contribution in [1.29, 1.82) is 0 Å². The Morgan fingerprint density at radius 3 is 2.92 bits per heavy atom. The van der Waals surface area contributed by atoms with Crippen molar-refractivity contribution in [3.05, 3.63) is 35.6 Å². The normalized spacial score (nSPS) is 19.0. The van der Waals surface area contributed by atoms with E-state index in [-0.39, 0.29) is 11.2 Å². The standard InChI is InChI=1S/C19H30FN3O/c1-5-21-18(23-10-9-15(12-23)13-24-4)22-14-19(2,3)16-7-6-8-17(20)11-16/h6-8,11,15H,5,9-10,12-14H2,1-4H3,(H,21,22). The summed E-state index contributed by atoms with van der Waals surface area (Å²) in [5, 5.41) is 3.38. The van der Waals surface area contributed by atoms with Gasteiger partial charge in [0.15, 0.2) is 5.96 Å². The number of methoxy groups -OCH3 is 1. The lowest BCUT2D eigenvalue weighted by atomic mass is 9.85. The average molecular weight is 335 g/mol. The van der Waals surface area contributed by atoms with Crippen LogP contribution in [-0.2, 0) is 10.2 Å². The number of nitrogens with one attached hydrogen (secondary N) is 1. The van der Waals surface area contributed by atoms with Crippen molar-refractivity contribution in [2.45, 2.75) is 32.6 Å². The molecule has 1 aromatic rings. The zero-order valence-corrected chi connectivity index (χ0v) is 15.3. The van der Waals surface area contributed by atoms with Gasteiger partial charge in [0.2, 0.25) is 0 Å². The Kier molecular flexibility index (Phi) is 6.60. The number of nitrogens with zero attached hydrogens (tertiary/aromatic N) is 2. The fourth-order valence-electron chi connectivity index (χ4n) is 3.10. The third kappa shape index (κ3) is 4.94. The lowest BCUT2D eigenvalue weighted by Gasteiger charge is -2.26. The van der Waals surface area contributed by atoms with E-state index in [1.807, 2.05) is 6.07 Å². The molecule has 0 amide bonds. The highest BCUT2D eigenvalue weighted by atomic mass is 19.1. The molecule has 0 spiro atoms. The van der Waals surface area contributed by atoms with Crippen molar-refractivity contribution < 1.29 is 9.13 Å². The van der Waals surface area contributed by atoms with Gasteiger partial charge in [0.1, 0.15) is 5.82 Å². The first-order chi connectivity index (χ1) is 11.5. The van der Waals surface area contributed by atoms with E-state index in [9.17, 15) is 4.39 Å². The van der Waals surface area contributed by atoms with Gasteiger partial charge in [0, 0.05) is 38.1 Å². The lowest BCUT2D eigenvalue weighted by molar-refractivity contribution is 0.157. The van der Waals surface area contributed by atoms with Crippen LogP contribution in [0.25, 0.3) is 0 Å². The summed E-state index contributed by atoms with van der Waals surface area (Å²) in [5.74, 6) is 1.31. The molecule has 24 heavy (non-hydrogen) atoms. The van der Waals surface area contributed by atoms with Gasteiger partial charge in [0.25, 0.3) is 0 Å². The van der Waals surface area contributed by atoms with Crippen molar-refractivity contribution in [1.82, 2.24) is 10.2 Å². The Balaban J connectivity index is 2.07. The highest BCUT2D eigenvalue weighted by molar-refractivity contribution is 5.80. The topological polar surface area (TPSA) is 36.9 Å². The van der Waals surface area contributed by atoms with Gasteiger partial charge >= 0.3 is 0 Å². The van der Waals surface area contributed by atoms with Gasteiger partial charge < -0.3 is 15.0 Å². The molecule has 1 heterocycles. The molecule has 0 aliphatic carbocycles. The second-order valence-electron chi connectivity index (χ2n) is 7.12. The Labute approximate surface area is 145 Å². The Morgan fingerprint density at radius 2 is 2.25 bits per heavy atom. The maximum atomic E-state index is 13.5. The molecule has 1 aromatic carbocycles. The lowest BCUT2D eigenvalue weighted by Crippen LogP contribution is -2.41. The number of halogens is 1. The number of guanidine groups is 1. The Morgan fingerprint density at radius 1 is 1.46 bits per heavy atom. The zero-order chi connectivity index (χ0) is 17.6. The SMILES string of the molecule is CCNC(=NCC(C)(C)c1cccc(F)c1)N1CCC(COC)C1. The molecule has 4 nitrogen and oxygen atoms in total. The highest BCUT2D eigenvalue weighted by Gasteiger charge is 2.26. The smallest absolute Gasteiger partial charge is 0.193 e. The average Bonchev–Trinajstić information content (AvgIpc) is 3.00. The summed E-state index contributed by atoms with van der Waals surface area (Å²) in [7, 11) is 1.75. The fraction of sp³-hybridized carbons (Fsp3) is 0.632. The molecular formula is C19H30FN3O. The largest absolute Gasteiger partial charge is 0.384 e. The molecule has 1 aliphatic heterocycles. The summed E-state index contributed by atoms with van der Waals surface area (Å²) in [6, 6.07) is 6.81. The Hall–Kier alpha value is -1.62. The van der Waals surface area contributed by atoms with Crippen molar-refractivity contribution in [3.8, 4) is 0 Å². The van der Waals surface area contributed by atoms with Crippen molar-refractivity contribution >= 4 is 5.96 Å². The quantitative estimate of drug-likeness (QED) is 0.641. The summed E-state index contributed by atoms with van der Waals surface area (Å²) in [4.78, 5) is 7.14. The summed E-state index contributed by atoms with van der Waals surface area (Å²) in [6.45, 7) is 10.5. The van der Waals surface area contributed by atoms with E-state index in [4.69, 9.17) is 9.73 Å². The highest BCUT2D eigenvalue weighted by Crippen LogP contribution is 2.24. The summed E-state index contributed by atoms with van der Waals surface area (Å²) in [5.41, 5.74) is 0.759. The van der Waals surface area contributed by atoms with E-state index < -0.39 is 0 Å². The fourth-order valence-corrected chi connectivity index (χ4v) is 3.10. The minimum Gasteiger partial charge on any atom is -0.384 e. The second-order valence-corrected chi connectivity index (χ2v) is 7.12. The van der Waals surface area contributed by atoms with E-state index >= 15 is 0 Å². The number of aliphatic imine (C=N–C) groups is 1. The predicted molar refractivity (Wildman–Crippen MR) is 97.0 cm³/mol. The van der Waals surface area contributed by atoms with Crippen LogP contribution in [0.4, 0.5) is 4.39 Å². The van der Waals surface area contributed by atoms with Crippen molar-refractivity contribution in [2.24, 2.45) is 10.9 Å². The first kappa shape index (κ1) is 18.7. The van der Waals surface area contributed by atoms with Gasteiger partial charge in [-0.1, -0.05) is 26.0 Å². The minimum absolute atomic E-state index is 0.196. The first-order valence-electron chi connectivity index (χ1n) is 8.74. The molecular weight excluding hydrogens is 305 g/mol. The Bertz CT molecular complexity index is 559. The number of benzene rings is 1. The summed E-state index contributed by atoms with van der Waals surface area (Å²) < 4.78 is 18.8. The summed E-state index contributed by atoms with van der Waals surface area (Å²) >= 11 is 0. The number of likely N-dealkylation sites (tertiary alicyclic amines) is 1. The van der Waals surface area contributed by atoms with Crippen molar-refractivity contribution in [2.75, 3.05) is 39.9 Å². The maximum absolute atomic E-state index is 13.5. The van der Waals surface area contributed by atoms with Gasteiger partial charge in [-0.2, -0.15) is 0 Å². The molecule has 1 N–H and O–H groups in total. The van der Waals surface area contributed by atoms with Crippen LogP contribution >= 0.6 is 0 Å². The van der Waals surface area contributed by atoms with Gasteiger partial charge in [-0.15, -0.1) is 0 Å². The van der Waals surface area contributed by atoms with Gasteiger partial charge in [-0.3, -0.25) is 4.99 Å². The molecule has 1 atom stereocenters. The van der Waals surface area contributed by atoms with Crippen LogP contribution in [0.1, 0.15) is 32.8 Å². The molecule has 0 saturated carbocycles. The second kappa shape index (κ2) is 8.47. The summed E-state index contributed by atoms with van der Waals surface area (Å²) in [6.07, 6.45) is 1.13. The molecule has 2 rings (SSSR count). The van der Waals surface area contributed by atoms with E-state index in [0.717, 1.165) is 44.2 Å². The molecule has 1 saturated heterocycles. The maximum Gasteiger partial charge on any atom is 0.193 e. The van der Waals surface area contributed by atoms with Crippen LogP contribution in [-0.4, -0.2) is 50.8 Å². The number of hydrogen-bond acceptors (Lipinski definition) is 2. The third-order valence-electron chi connectivity index (χ3n) is 4.55. The number of ether oxygens (including phenoxy) is 1. The van der Waals surface area contributed by atoms with Crippen LogP contribution in [0.15, 0.2) is 29.3 Å². The molecule has 1 fully saturated rings. The van der Waals surface area contributed by atoms with Crippen LogP contribution in [0.5, 0.6) is 0 Å². The van der Waals surface area contributed by atoms with E-state index in [0.29, 0.717) is 12.5 Å². The van der Waals surface area contributed by atoms with Crippen LogP contribution in [0.3, 0.4) is 0 Å². The molecule has 1 aliphatic rings. The monoisotopic (exact) mass is 335 g/mol. The third-order valence-corrected chi connectivity index (χ3v) is 4.55. The molecule has 0 aromatic heterocycles. The van der Waals surface area contributed by atoms with Crippen LogP contribution in [0.2, 0.25) is 0 Å². The zero-order valence-electron chi connectivity index (χ0n) is 15.3. The molecule has 1 unspecified atom stereocenters. The molecule has 134 valence electrons. The number of hydrogen-bond donors (Lipinski definition) is 1. The van der Waals surface area contributed by atoms with Gasteiger partial charge in [-0.25, -0.2) is 4.39 Å². The van der Waals surface area contributed by atoms with E-state index in [2.05, 4.69) is 31.0 Å². The van der Waals surface area contributed by atoms with Crippen LogP contribution in [0, 0.1) is 11.7 Å². The number of rotatable bonds is 6. The van der Waals surface area contributed by atoms with E-state index in [1.54, 1.807) is 19.2 Å². The minimum atomic E-state index is -0.214. The van der Waals surface area contributed by atoms with Gasteiger partial charge in [0.05, 0.1) is 13.2 Å². The first-order valence-corrected chi connectivity index (χ1v) is 8.74. The molecule has 0 bridgehead atoms. The predicted octanol–water partition coefficient (Wildman–Crippen LogP) is 3.04. The molecule has 0 radical (unpaired) electrons. The molecule has 5 heteroatoms.